The van der Waals surface area contributed by atoms with Crippen molar-refractivity contribution in [1.29, 1.82) is 0 Å². The van der Waals surface area contributed by atoms with Crippen LogP contribution in [0.4, 0.5) is 22.1 Å². The van der Waals surface area contributed by atoms with Crippen LogP contribution in [0.2, 0.25) is 10.0 Å². The van der Waals surface area contributed by atoms with Crippen molar-refractivity contribution in [2.45, 2.75) is 41.0 Å². The maximum absolute atomic E-state index is 13.2. The fourth-order valence-electron chi connectivity index (χ4n) is 4.88. The number of carbonyl (C=O) groups excluding carboxylic acids is 2. The highest BCUT2D eigenvalue weighted by molar-refractivity contribution is 6.35. The normalized spacial score (nSPS) is 11.0. The van der Waals surface area contributed by atoms with Gasteiger partial charge in [-0.25, -0.2) is 9.78 Å². The fourth-order valence-corrected chi connectivity index (χ4v) is 5.30. The summed E-state index contributed by atoms with van der Waals surface area (Å²) in [5.74, 6) is 0.128. The number of nitrogens with zero attached hydrogens (tertiary/aromatic N) is 4. The number of nitrogens with one attached hydrogen (secondary N) is 2. The number of hydrogen-bond acceptors (Lipinski definition) is 7. The van der Waals surface area contributed by atoms with Crippen LogP contribution in [0.5, 0.6) is 5.88 Å². The molecule has 2 N–H and O–H groups in total. The van der Waals surface area contributed by atoms with Crippen LogP contribution in [-0.2, 0) is 0 Å². The first-order valence-corrected chi connectivity index (χ1v) is 16.0. The first-order valence-electron chi connectivity index (χ1n) is 15.2. The van der Waals surface area contributed by atoms with Crippen LogP contribution in [-0.4, -0.2) is 60.1 Å². The minimum atomic E-state index is -0.705. The van der Waals surface area contributed by atoms with E-state index in [0.717, 1.165) is 48.3 Å². The molecule has 0 saturated carbocycles. The molecular weight excluding hydrogens is 623 g/mol. The van der Waals surface area contributed by atoms with Crippen molar-refractivity contribution >= 4 is 52.5 Å². The molecule has 4 aromatic rings. The van der Waals surface area contributed by atoms with Gasteiger partial charge in [-0.15, -0.1) is 0 Å². The van der Waals surface area contributed by atoms with E-state index in [1.807, 2.05) is 19.1 Å². The zero-order chi connectivity index (χ0) is 33.4. The van der Waals surface area contributed by atoms with Crippen molar-refractivity contribution in [2.24, 2.45) is 0 Å². The SMILES string of the molecule is CCN(CC)CCCNC(=O)c1ccc(Nc2nc(OC(=O)N(C)c3cc(Cl)ccc3Cl)cc(-c3ccc(C)c(C)c3C)n2)cc1. The summed E-state index contributed by atoms with van der Waals surface area (Å²) in [5, 5.41) is 6.95. The van der Waals surface area contributed by atoms with E-state index in [9.17, 15) is 9.59 Å². The van der Waals surface area contributed by atoms with Crippen LogP contribution in [0.15, 0.2) is 60.7 Å². The predicted molar refractivity (Wildman–Crippen MR) is 187 cm³/mol. The van der Waals surface area contributed by atoms with E-state index in [0.29, 0.717) is 39.2 Å². The van der Waals surface area contributed by atoms with Crippen molar-refractivity contribution in [3.8, 4) is 17.1 Å². The van der Waals surface area contributed by atoms with Crippen molar-refractivity contribution < 1.29 is 14.3 Å². The number of halogens is 2. The maximum atomic E-state index is 13.2. The highest BCUT2D eigenvalue weighted by atomic mass is 35.5. The van der Waals surface area contributed by atoms with Gasteiger partial charge in [-0.3, -0.25) is 9.69 Å². The van der Waals surface area contributed by atoms with Crippen molar-refractivity contribution in [3.05, 3.63) is 93.0 Å². The number of benzene rings is 3. The van der Waals surface area contributed by atoms with Crippen LogP contribution in [0.25, 0.3) is 11.3 Å². The molecule has 0 atom stereocenters. The molecule has 0 aliphatic rings. The number of hydrogen-bond donors (Lipinski definition) is 2. The van der Waals surface area contributed by atoms with E-state index in [2.05, 4.69) is 48.2 Å². The Kier molecular flexibility index (Phi) is 12.0. The minimum absolute atomic E-state index is 0.0424. The Hall–Kier alpha value is -4.18. The minimum Gasteiger partial charge on any atom is -0.391 e. The number of aryl methyl sites for hydroxylation is 1. The third-order valence-electron chi connectivity index (χ3n) is 8.01. The molecule has 1 aromatic heterocycles. The summed E-state index contributed by atoms with van der Waals surface area (Å²) in [6, 6.07) is 17.5. The molecule has 0 aliphatic heterocycles. The molecule has 2 amide bonds. The number of aromatic nitrogens is 2. The van der Waals surface area contributed by atoms with Crippen LogP contribution >= 0.6 is 23.2 Å². The van der Waals surface area contributed by atoms with Crippen LogP contribution in [0, 0.1) is 20.8 Å². The topological polar surface area (TPSA) is 99.7 Å². The second kappa shape index (κ2) is 15.9. The van der Waals surface area contributed by atoms with Gasteiger partial charge in [0.05, 0.1) is 16.4 Å². The van der Waals surface area contributed by atoms with Crippen LogP contribution in [0.3, 0.4) is 0 Å². The second-order valence-corrected chi connectivity index (χ2v) is 11.8. The largest absolute Gasteiger partial charge is 0.420 e. The average Bonchev–Trinajstić information content (AvgIpc) is 3.04. The third kappa shape index (κ3) is 8.75. The van der Waals surface area contributed by atoms with E-state index in [1.165, 1.54) is 11.9 Å². The second-order valence-electron chi connectivity index (χ2n) is 11.0. The highest BCUT2D eigenvalue weighted by Gasteiger charge is 2.20. The molecule has 3 aromatic carbocycles. The maximum Gasteiger partial charge on any atom is 0.420 e. The summed E-state index contributed by atoms with van der Waals surface area (Å²) in [4.78, 5) is 38.7. The summed E-state index contributed by atoms with van der Waals surface area (Å²) < 4.78 is 5.72. The molecule has 0 unspecified atom stereocenters. The quantitative estimate of drug-likeness (QED) is 0.147. The molecule has 0 fully saturated rings. The number of anilines is 3. The molecule has 46 heavy (non-hydrogen) atoms. The van der Waals surface area contributed by atoms with Crippen LogP contribution < -0.4 is 20.3 Å². The zero-order valence-electron chi connectivity index (χ0n) is 27.1. The number of rotatable bonds is 12. The lowest BCUT2D eigenvalue weighted by Gasteiger charge is -2.19. The lowest BCUT2D eigenvalue weighted by Crippen LogP contribution is -2.30. The van der Waals surface area contributed by atoms with Crippen molar-refractivity contribution in [1.82, 2.24) is 20.2 Å². The Bertz CT molecular complexity index is 1690. The molecule has 0 aliphatic carbocycles. The van der Waals surface area contributed by atoms with Gasteiger partial charge in [0.25, 0.3) is 5.91 Å². The van der Waals surface area contributed by atoms with Gasteiger partial charge in [-0.05, 0) is 106 Å². The molecule has 242 valence electrons. The average molecular weight is 664 g/mol. The van der Waals surface area contributed by atoms with Gasteiger partial charge in [0.15, 0.2) is 0 Å². The molecule has 9 nitrogen and oxygen atoms in total. The van der Waals surface area contributed by atoms with E-state index in [-0.39, 0.29) is 17.7 Å². The van der Waals surface area contributed by atoms with Crippen LogP contribution in [0.1, 0.15) is 47.3 Å². The van der Waals surface area contributed by atoms with E-state index >= 15 is 0 Å². The van der Waals surface area contributed by atoms with Gasteiger partial charge >= 0.3 is 6.09 Å². The fraction of sp³-hybridized carbons (Fsp3) is 0.314. The molecular formula is C35H40Cl2N6O3. The van der Waals surface area contributed by atoms with Crippen molar-refractivity contribution in [3.63, 3.8) is 0 Å². The predicted octanol–water partition coefficient (Wildman–Crippen LogP) is 8.22. The molecule has 0 bridgehead atoms. The molecule has 0 radical (unpaired) electrons. The highest BCUT2D eigenvalue weighted by Crippen LogP contribution is 2.31. The lowest BCUT2D eigenvalue weighted by atomic mass is 9.97. The van der Waals surface area contributed by atoms with Gasteiger partial charge in [0.1, 0.15) is 0 Å². The van der Waals surface area contributed by atoms with Gasteiger partial charge in [-0.2, -0.15) is 4.98 Å². The number of carbonyl (C=O) groups is 2. The summed E-state index contributed by atoms with van der Waals surface area (Å²) >= 11 is 12.5. The Balaban J connectivity index is 1.56. The Labute approximate surface area is 280 Å². The van der Waals surface area contributed by atoms with E-state index in [1.54, 1.807) is 48.5 Å². The monoisotopic (exact) mass is 662 g/mol. The van der Waals surface area contributed by atoms with E-state index in [4.69, 9.17) is 32.9 Å². The number of amides is 2. The Morgan fingerprint density at radius 1 is 0.891 bits per heavy atom. The van der Waals surface area contributed by atoms with Gasteiger partial charge < -0.3 is 20.3 Å². The summed E-state index contributed by atoms with van der Waals surface area (Å²) in [6.45, 7) is 13.9. The Morgan fingerprint density at radius 2 is 1.61 bits per heavy atom. The summed E-state index contributed by atoms with van der Waals surface area (Å²) in [7, 11) is 1.54. The zero-order valence-corrected chi connectivity index (χ0v) is 28.6. The third-order valence-corrected chi connectivity index (χ3v) is 8.56. The molecule has 4 rings (SSSR count). The summed E-state index contributed by atoms with van der Waals surface area (Å²) in [6.07, 6.45) is 0.180. The number of ether oxygens (including phenoxy) is 1. The molecule has 11 heteroatoms. The van der Waals surface area contributed by atoms with Gasteiger partial charge in [0, 0.05) is 41.5 Å². The first-order chi connectivity index (χ1) is 22.0. The standard InChI is InChI=1S/C35H40Cl2N6O3/c1-7-43(8-2)19-9-18-38-33(44)25-11-14-27(15-12-25)39-34-40-30(28-16-10-22(3)23(4)24(28)5)21-32(41-34)46-35(45)42(6)31-20-26(36)13-17-29(31)37/h10-17,20-21H,7-9,18-19H2,1-6H3,(H,38,44)(H,39,40,41). The summed E-state index contributed by atoms with van der Waals surface area (Å²) in [5.41, 5.74) is 6.41. The first kappa shape index (κ1) is 34.7. The van der Waals surface area contributed by atoms with Crippen molar-refractivity contribution in [2.75, 3.05) is 43.4 Å². The lowest BCUT2D eigenvalue weighted by molar-refractivity contribution is 0.0951. The Morgan fingerprint density at radius 3 is 2.30 bits per heavy atom. The van der Waals surface area contributed by atoms with Gasteiger partial charge in [-0.1, -0.05) is 49.2 Å². The molecule has 1 heterocycles. The molecule has 0 saturated heterocycles. The molecule has 0 spiro atoms. The van der Waals surface area contributed by atoms with Gasteiger partial charge in [0.2, 0.25) is 11.8 Å². The smallest absolute Gasteiger partial charge is 0.391 e. The van der Waals surface area contributed by atoms with E-state index < -0.39 is 6.09 Å².